The second kappa shape index (κ2) is 6.93. The highest BCUT2D eigenvalue weighted by Gasteiger charge is 2.09. The normalized spacial score (nSPS) is 11.8. The van der Waals surface area contributed by atoms with Gasteiger partial charge < -0.3 is 4.74 Å². The second-order valence-electron chi connectivity index (χ2n) is 4.13. The van der Waals surface area contributed by atoms with E-state index in [-0.39, 0.29) is 6.04 Å². The van der Waals surface area contributed by atoms with Gasteiger partial charge in [0.2, 0.25) is 0 Å². The van der Waals surface area contributed by atoms with Crippen LogP contribution in [0.25, 0.3) is 0 Å². The van der Waals surface area contributed by atoms with Gasteiger partial charge in [-0.25, -0.2) is 0 Å². The van der Waals surface area contributed by atoms with Crippen LogP contribution in [0, 0.1) is 11.3 Å². The molecule has 1 unspecified atom stereocenters. The van der Waals surface area contributed by atoms with Crippen molar-refractivity contribution < 1.29 is 4.74 Å². The van der Waals surface area contributed by atoms with Crippen LogP contribution in [-0.4, -0.2) is 13.7 Å². The maximum atomic E-state index is 9.14. The Hall–Kier alpha value is -1.83. The molecule has 0 bridgehead atoms. The lowest BCUT2D eigenvalue weighted by molar-refractivity contribution is 0.414. The number of hydrogen-bond donors (Lipinski definition) is 1. The highest BCUT2D eigenvalue weighted by Crippen LogP contribution is 2.18. The topological polar surface area (TPSA) is 45.0 Å². The summed E-state index contributed by atoms with van der Waals surface area (Å²) < 4.78 is 5.12. The van der Waals surface area contributed by atoms with Gasteiger partial charge in [0, 0.05) is 11.4 Å². The zero-order chi connectivity index (χ0) is 13.5. The highest BCUT2D eigenvalue weighted by atomic mass is 32.1. The van der Waals surface area contributed by atoms with Gasteiger partial charge in [0.05, 0.1) is 13.2 Å². The minimum atomic E-state index is -0.210. The zero-order valence-electron chi connectivity index (χ0n) is 10.8. The van der Waals surface area contributed by atoms with Crippen molar-refractivity contribution in [2.45, 2.75) is 12.5 Å². The number of methoxy groups -OCH3 is 1. The van der Waals surface area contributed by atoms with Crippen molar-refractivity contribution >= 4 is 11.3 Å². The molecule has 0 fully saturated rings. The number of nitriles is 1. The quantitative estimate of drug-likeness (QED) is 0.878. The number of rotatable bonds is 6. The molecule has 0 saturated heterocycles. The fourth-order valence-electron chi connectivity index (χ4n) is 1.82. The summed E-state index contributed by atoms with van der Waals surface area (Å²) >= 11 is 1.61. The van der Waals surface area contributed by atoms with Crippen LogP contribution >= 0.6 is 11.3 Å². The summed E-state index contributed by atoms with van der Waals surface area (Å²) in [5.41, 5.74) is 1.23. The number of benzene rings is 1. The van der Waals surface area contributed by atoms with Crippen LogP contribution in [0.3, 0.4) is 0 Å². The Morgan fingerprint density at radius 2 is 2.11 bits per heavy atom. The minimum absolute atomic E-state index is 0.210. The minimum Gasteiger partial charge on any atom is -0.497 e. The first kappa shape index (κ1) is 13.6. The van der Waals surface area contributed by atoms with Crippen LogP contribution in [0.15, 0.2) is 41.8 Å². The summed E-state index contributed by atoms with van der Waals surface area (Å²) in [5, 5.41) is 14.4. The Kier molecular flexibility index (Phi) is 4.96. The number of ether oxygens (including phenoxy) is 1. The van der Waals surface area contributed by atoms with Crippen molar-refractivity contribution in [3.63, 3.8) is 0 Å². The van der Waals surface area contributed by atoms with E-state index in [0.29, 0.717) is 0 Å². The standard InChI is InChI=1S/C15H16N2OS/c1-18-13-6-4-12(5-7-13)8-9-17-14(11-16)15-3-2-10-19-15/h2-7,10,14,17H,8-9H2,1H3. The lowest BCUT2D eigenvalue weighted by atomic mass is 10.1. The van der Waals surface area contributed by atoms with Gasteiger partial charge in [-0.1, -0.05) is 18.2 Å². The van der Waals surface area contributed by atoms with E-state index in [9.17, 15) is 0 Å². The van der Waals surface area contributed by atoms with Gasteiger partial charge >= 0.3 is 0 Å². The molecule has 19 heavy (non-hydrogen) atoms. The lowest BCUT2D eigenvalue weighted by Crippen LogP contribution is -2.21. The Balaban J connectivity index is 1.84. The van der Waals surface area contributed by atoms with Gasteiger partial charge in [-0.15, -0.1) is 11.3 Å². The van der Waals surface area contributed by atoms with Crippen molar-refractivity contribution in [3.8, 4) is 11.8 Å². The average Bonchev–Trinajstić information content (AvgIpc) is 2.98. The molecule has 2 rings (SSSR count). The van der Waals surface area contributed by atoms with Gasteiger partial charge in [0.1, 0.15) is 11.8 Å². The Morgan fingerprint density at radius 3 is 2.68 bits per heavy atom. The SMILES string of the molecule is COc1ccc(CCNC(C#N)c2cccs2)cc1. The molecule has 0 saturated carbocycles. The van der Waals surface area contributed by atoms with Crippen molar-refractivity contribution in [2.24, 2.45) is 0 Å². The Morgan fingerprint density at radius 1 is 1.32 bits per heavy atom. The maximum absolute atomic E-state index is 9.14. The van der Waals surface area contributed by atoms with E-state index in [1.165, 1.54) is 5.56 Å². The molecule has 2 aromatic rings. The van der Waals surface area contributed by atoms with Crippen molar-refractivity contribution in [3.05, 3.63) is 52.2 Å². The van der Waals surface area contributed by atoms with Crippen LogP contribution < -0.4 is 10.1 Å². The molecule has 0 radical (unpaired) electrons. The highest BCUT2D eigenvalue weighted by molar-refractivity contribution is 7.10. The van der Waals surface area contributed by atoms with E-state index in [4.69, 9.17) is 10.00 Å². The van der Waals surface area contributed by atoms with E-state index < -0.39 is 0 Å². The molecule has 0 amide bonds. The van der Waals surface area contributed by atoms with Gasteiger partial charge in [-0.2, -0.15) is 5.26 Å². The fourth-order valence-corrected chi connectivity index (χ4v) is 2.56. The van der Waals surface area contributed by atoms with Crippen LogP contribution in [0.2, 0.25) is 0 Å². The maximum Gasteiger partial charge on any atom is 0.130 e. The molecule has 1 atom stereocenters. The molecule has 1 heterocycles. The van der Waals surface area contributed by atoms with Crippen LogP contribution in [0.1, 0.15) is 16.5 Å². The van der Waals surface area contributed by atoms with E-state index in [1.807, 2.05) is 41.8 Å². The summed E-state index contributed by atoms with van der Waals surface area (Å²) in [6.07, 6.45) is 0.896. The number of thiophene rings is 1. The summed E-state index contributed by atoms with van der Waals surface area (Å²) in [6, 6.07) is 14.0. The number of hydrogen-bond acceptors (Lipinski definition) is 4. The van der Waals surface area contributed by atoms with E-state index >= 15 is 0 Å². The molecule has 0 spiro atoms. The molecular weight excluding hydrogens is 256 g/mol. The van der Waals surface area contributed by atoms with Crippen molar-refractivity contribution in [1.82, 2.24) is 5.32 Å². The summed E-state index contributed by atoms with van der Waals surface area (Å²) in [5.74, 6) is 0.866. The monoisotopic (exact) mass is 272 g/mol. The molecule has 1 N–H and O–H groups in total. The number of nitrogens with one attached hydrogen (secondary N) is 1. The zero-order valence-corrected chi connectivity index (χ0v) is 11.6. The van der Waals surface area contributed by atoms with Crippen LogP contribution in [0.4, 0.5) is 0 Å². The third-order valence-electron chi connectivity index (χ3n) is 2.88. The van der Waals surface area contributed by atoms with Crippen molar-refractivity contribution in [2.75, 3.05) is 13.7 Å². The molecule has 1 aromatic heterocycles. The first-order valence-electron chi connectivity index (χ1n) is 6.13. The van der Waals surface area contributed by atoms with E-state index in [2.05, 4.69) is 11.4 Å². The van der Waals surface area contributed by atoms with Crippen LogP contribution in [0.5, 0.6) is 5.75 Å². The number of nitrogens with zero attached hydrogens (tertiary/aromatic N) is 1. The Bertz CT molecular complexity index is 528. The third kappa shape index (κ3) is 3.82. The summed E-state index contributed by atoms with van der Waals surface area (Å²) in [4.78, 5) is 1.07. The summed E-state index contributed by atoms with van der Waals surface area (Å²) in [7, 11) is 1.66. The second-order valence-corrected chi connectivity index (χ2v) is 5.11. The molecule has 0 aliphatic heterocycles. The Labute approximate surface area is 117 Å². The van der Waals surface area contributed by atoms with E-state index in [0.717, 1.165) is 23.6 Å². The largest absolute Gasteiger partial charge is 0.497 e. The fraction of sp³-hybridized carbons (Fsp3) is 0.267. The molecular formula is C15H16N2OS. The van der Waals surface area contributed by atoms with Gasteiger partial charge in [0.25, 0.3) is 0 Å². The van der Waals surface area contributed by atoms with Crippen LogP contribution in [-0.2, 0) is 6.42 Å². The first-order chi connectivity index (χ1) is 9.33. The van der Waals surface area contributed by atoms with Gasteiger partial charge in [-0.05, 0) is 35.6 Å². The summed E-state index contributed by atoms with van der Waals surface area (Å²) in [6.45, 7) is 0.780. The predicted molar refractivity (Wildman–Crippen MR) is 77.4 cm³/mol. The molecule has 0 aliphatic rings. The molecule has 0 aliphatic carbocycles. The lowest BCUT2D eigenvalue weighted by Gasteiger charge is -2.09. The smallest absolute Gasteiger partial charge is 0.130 e. The first-order valence-corrected chi connectivity index (χ1v) is 7.01. The predicted octanol–water partition coefficient (Wildman–Crippen LogP) is 3.15. The third-order valence-corrected chi connectivity index (χ3v) is 3.82. The molecule has 98 valence electrons. The van der Waals surface area contributed by atoms with E-state index in [1.54, 1.807) is 18.4 Å². The molecule has 1 aromatic carbocycles. The van der Waals surface area contributed by atoms with Gasteiger partial charge in [-0.3, -0.25) is 5.32 Å². The molecule has 4 heteroatoms. The average molecular weight is 272 g/mol. The van der Waals surface area contributed by atoms with Gasteiger partial charge in [0.15, 0.2) is 0 Å². The molecule has 3 nitrogen and oxygen atoms in total. The van der Waals surface area contributed by atoms with Crippen molar-refractivity contribution in [1.29, 1.82) is 5.26 Å².